The number of hydrogen-bond donors (Lipinski definition) is 0. The predicted molar refractivity (Wildman–Crippen MR) is 63.1 cm³/mol. The molecule has 0 spiro atoms. The van der Waals surface area contributed by atoms with Gasteiger partial charge in [0.25, 0.3) is 6.73 Å². The van der Waals surface area contributed by atoms with Gasteiger partial charge in [0, 0.05) is 24.6 Å². The van der Waals surface area contributed by atoms with Gasteiger partial charge in [0.05, 0.1) is 0 Å². The van der Waals surface area contributed by atoms with Gasteiger partial charge in [-0.3, -0.25) is 0 Å². The maximum atomic E-state index is 5.14. The number of rotatable bonds is 2. The van der Waals surface area contributed by atoms with Gasteiger partial charge in [0.2, 0.25) is 5.52 Å². The largest absolute Gasteiger partial charge is 0.327 e. The monoisotopic (exact) mass is 224 g/mol. The first kappa shape index (κ1) is 12.0. The van der Waals surface area contributed by atoms with Gasteiger partial charge in [-0.1, -0.05) is 12.1 Å². The molecule has 1 aromatic heterocycles. The number of aryl methyl sites for hydroxylation is 1. The molecule has 15 heavy (non-hydrogen) atoms. The summed E-state index contributed by atoms with van der Waals surface area (Å²) in [7, 11) is 1.71. The summed E-state index contributed by atoms with van der Waals surface area (Å²) in [4.78, 5) is 0. The van der Waals surface area contributed by atoms with Crippen LogP contribution in [0.3, 0.4) is 0 Å². The third-order valence-corrected chi connectivity index (χ3v) is 2.41. The van der Waals surface area contributed by atoms with Gasteiger partial charge >= 0.3 is 0 Å². The van der Waals surface area contributed by atoms with Crippen LogP contribution < -0.4 is 4.57 Å². The molecule has 0 aliphatic rings. The number of benzene rings is 1. The Balaban J connectivity index is 0.00000112. The Morgan fingerprint density at radius 3 is 2.67 bits per heavy atom. The molecule has 0 fully saturated rings. The number of aromatic nitrogens is 1. The van der Waals surface area contributed by atoms with Gasteiger partial charge in [-0.2, -0.15) is 4.57 Å². The van der Waals surface area contributed by atoms with Crippen LogP contribution in [0.4, 0.5) is 0 Å². The van der Waals surface area contributed by atoms with Crippen LogP contribution in [-0.4, -0.2) is 7.11 Å². The van der Waals surface area contributed by atoms with Crippen LogP contribution in [-0.2, 0) is 11.5 Å². The van der Waals surface area contributed by atoms with Crippen LogP contribution in [0.25, 0.3) is 10.9 Å². The van der Waals surface area contributed by atoms with E-state index in [4.69, 9.17) is 4.74 Å². The summed E-state index contributed by atoms with van der Waals surface area (Å²) in [5, 5.41) is 1.28. The molecule has 0 saturated heterocycles. The fourth-order valence-electron chi connectivity index (χ4n) is 1.68. The van der Waals surface area contributed by atoms with Crippen molar-refractivity contribution >= 4 is 23.3 Å². The Morgan fingerprint density at radius 1 is 1.20 bits per heavy atom. The Hall–Kier alpha value is -1.12. The summed E-state index contributed by atoms with van der Waals surface area (Å²) in [6.45, 7) is 2.72. The number of para-hydroxylation sites is 1. The van der Waals surface area contributed by atoms with E-state index in [1.54, 1.807) is 7.11 Å². The fraction of sp³-hybridized carbons (Fsp3) is 0.250. The first-order valence-corrected chi connectivity index (χ1v) is 4.69. The predicted octanol–water partition coefficient (Wildman–Crippen LogP) is 2.46. The van der Waals surface area contributed by atoms with E-state index in [9.17, 15) is 0 Å². The highest BCUT2D eigenvalue weighted by molar-refractivity contribution is 5.85. The van der Waals surface area contributed by atoms with Crippen molar-refractivity contribution in [1.82, 2.24) is 0 Å². The summed E-state index contributed by atoms with van der Waals surface area (Å²) < 4.78 is 7.24. The van der Waals surface area contributed by atoms with Crippen LogP contribution in [0, 0.1) is 6.92 Å². The molecule has 1 aromatic carbocycles. The van der Waals surface area contributed by atoms with Crippen LogP contribution in [0.2, 0.25) is 0 Å². The van der Waals surface area contributed by atoms with E-state index < -0.39 is 0 Å². The van der Waals surface area contributed by atoms with Crippen LogP contribution in [0.15, 0.2) is 36.5 Å². The van der Waals surface area contributed by atoms with E-state index >= 15 is 0 Å². The maximum Gasteiger partial charge on any atom is 0.252 e. The second-order valence-corrected chi connectivity index (χ2v) is 3.40. The minimum atomic E-state index is 0. The van der Waals surface area contributed by atoms with Crippen molar-refractivity contribution in [2.45, 2.75) is 13.7 Å². The summed E-state index contributed by atoms with van der Waals surface area (Å²) in [6, 6.07) is 10.5. The highest BCUT2D eigenvalue weighted by atomic mass is 35.5. The number of pyridine rings is 1. The van der Waals surface area contributed by atoms with Gasteiger partial charge in [0.15, 0.2) is 6.20 Å². The SMILES string of the molecule is COC[n+]1ccc(C)c2ccccc21.Cl. The van der Waals surface area contributed by atoms with Crippen LogP contribution in [0.1, 0.15) is 5.56 Å². The summed E-state index contributed by atoms with van der Waals surface area (Å²) in [5.74, 6) is 0. The lowest BCUT2D eigenvalue weighted by atomic mass is 10.1. The molecule has 80 valence electrons. The fourth-order valence-corrected chi connectivity index (χ4v) is 1.68. The van der Waals surface area contributed by atoms with E-state index in [0.717, 1.165) is 0 Å². The van der Waals surface area contributed by atoms with E-state index in [-0.39, 0.29) is 12.4 Å². The molecule has 0 unspecified atom stereocenters. The third kappa shape index (κ3) is 2.28. The molecule has 0 radical (unpaired) electrons. The lowest BCUT2D eigenvalue weighted by Gasteiger charge is -2.02. The molecular formula is C12H15ClNO+. The molecule has 0 N–H and O–H groups in total. The number of fused-ring (bicyclic) bond motifs is 1. The Labute approximate surface area is 95.9 Å². The summed E-state index contributed by atoms with van der Waals surface area (Å²) in [6.07, 6.45) is 2.06. The smallest absolute Gasteiger partial charge is 0.252 e. The Morgan fingerprint density at radius 2 is 1.93 bits per heavy atom. The molecule has 2 nitrogen and oxygen atoms in total. The summed E-state index contributed by atoms with van der Waals surface area (Å²) >= 11 is 0. The van der Waals surface area contributed by atoms with Crippen LogP contribution >= 0.6 is 12.4 Å². The van der Waals surface area contributed by atoms with Gasteiger partial charge in [-0.15, -0.1) is 12.4 Å². The van der Waals surface area contributed by atoms with Crippen molar-refractivity contribution in [3.05, 3.63) is 42.1 Å². The van der Waals surface area contributed by atoms with E-state index in [2.05, 4.69) is 42.0 Å². The first-order valence-electron chi connectivity index (χ1n) is 4.69. The van der Waals surface area contributed by atoms with Gasteiger partial charge in [0.1, 0.15) is 0 Å². The summed E-state index contributed by atoms with van der Waals surface area (Å²) in [5.41, 5.74) is 2.52. The number of nitrogens with zero attached hydrogens (tertiary/aromatic N) is 1. The van der Waals surface area contributed by atoms with Gasteiger partial charge in [-0.25, -0.2) is 0 Å². The number of methoxy groups -OCH3 is 1. The lowest BCUT2D eigenvalue weighted by Crippen LogP contribution is -2.35. The van der Waals surface area contributed by atoms with Gasteiger partial charge in [-0.05, 0) is 18.6 Å². The van der Waals surface area contributed by atoms with Crippen LogP contribution in [0.5, 0.6) is 0 Å². The number of halogens is 1. The van der Waals surface area contributed by atoms with E-state index in [0.29, 0.717) is 6.73 Å². The quantitative estimate of drug-likeness (QED) is 0.715. The van der Waals surface area contributed by atoms with Crippen molar-refractivity contribution in [1.29, 1.82) is 0 Å². The zero-order valence-corrected chi connectivity index (χ0v) is 9.75. The minimum absolute atomic E-state index is 0. The second-order valence-electron chi connectivity index (χ2n) is 3.40. The maximum absolute atomic E-state index is 5.14. The number of hydrogen-bond acceptors (Lipinski definition) is 1. The highest BCUT2D eigenvalue weighted by Crippen LogP contribution is 2.13. The molecule has 0 amide bonds. The zero-order valence-electron chi connectivity index (χ0n) is 8.93. The van der Waals surface area contributed by atoms with Gasteiger partial charge < -0.3 is 4.74 Å². The van der Waals surface area contributed by atoms with Crippen molar-refractivity contribution in [3.63, 3.8) is 0 Å². The van der Waals surface area contributed by atoms with Crippen molar-refractivity contribution in [3.8, 4) is 0 Å². The molecule has 2 aromatic rings. The lowest BCUT2D eigenvalue weighted by molar-refractivity contribution is -0.707. The second kappa shape index (κ2) is 5.10. The zero-order chi connectivity index (χ0) is 9.97. The molecular weight excluding hydrogens is 210 g/mol. The van der Waals surface area contributed by atoms with E-state index in [1.165, 1.54) is 16.5 Å². The molecule has 0 aliphatic carbocycles. The third-order valence-electron chi connectivity index (χ3n) is 2.41. The molecule has 3 heteroatoms. The Bertz CT molecular complexity index is 456. The number of ether oxygens (including phenoxy) is 1. The van der Waals surface area contributed by atoms with Crippen molar-refractivity contribution in [2.24, 2.45) is 0 Å². The van der Waals surface area contributed by atoms with E-state index in [1.807, 2.05) is 6.07 Å². The molecule has 1 heterocycles. The van der Waals surface area contributed by atoms with Crippen molar-refractivity contribution < 1.29 is 9.30 Å². The standard InChI is InChI=1S/C12H14NO.ClH/c1-10-7-8-13(9-14-2)12-6-4-3-5-11(10)12;/h3-8H,9H2,1-2H3;1H/q+1;. The average Bonchev–Trinajstić information content (AvgIpc) is 2.23. The molecule has 0 atom stereocenters. The highest BCUT2D eigenvalue weighted by Gasteiger charge is 2.08. The first-order chi connectivity index (χ1) is 6.83. The normalized spacial score (nSPS) is 10.0. The molecule has 0 saturated carbocycles. The molecule has 2 rings (SSSR count). The average molecular weight is 225 g/mol. The molecule has 0 bridgehead atoms. The van der Waals surface area contributed by atoms with Crippen molar-refractivity contribution in [2.75, 3.05) is 7.11 Å². The minimum Gasteiger partial charge on any atom is -0.327 e. The molecule has 0 aliphatic heterocycles. The topological polar surface area (TPSA) is 13.1 Å². The Kier molecular flexibility index (Phi) is 4.06.